The number of rotatable bonds is 3. The number of hydrogen-bond donors (Lipinski definition) is 2. The molecule has 0 aliphatic heterocycles. The molecule has 0 aromatic carbocycles. The Bertz CT molecular complexity index is 324. The summed E-state index contributed by atoms with van der Waals surface area (Å²) in [5.74, 6) is -1.22. The van der Waals surface area contributed by atoms with E-state index >= 15 is 0 Å². The van der Waals surface area contributed by atoms with Gasteiger partial charge in [0.25, 0.3) is 0 Å². The fraction of sp³-hybridized carbons (Fsp3) is 0.429. The van der Waals surface area contributed by atoms with Gasteiger partial charge in [-0.1, -0.05) is 0 Å². The summed E-state index contributed by atoms with van der Waals surface area (Å²) < 4.78 is 2.15. The third kappa shape index (κ3) is 2.53. The van der Waals surface area contributed by atoms with Gasteiger partial charge in [-0.3, -0.25) is 4.68 Å². The number of hydrogen-bond acceptors (Lipinski definition) is 3. The molecule has 1 unspecified atom stereocenters. The number of aromatic nitrogens is 2. The first kappa shape index (κ1) is 10.2. The zero-order valence-electron chi connectivity index (χ0n) is 6.94. The van der Waals surface area contributed by atoms with Crippen molar-refractivity contribution < 1.29 is 15.0 Å². The highest BCUT2D eigenvalue weighted by Gasteiger charge is 2.16. The lowest BCUT2D eigenvalue weighted by Gasteiger charge is -2.04. The summed E-state index contributed by atoms with van der Waals surface area (Å²) in [7, 11) is 1.69. The third-order valence-electron chi connectivity index (χ3n) is 1.63. The van der Waals surface area contributed by atoms with Crippen LogP contribution in [0.3, 0.4) is 0 Å². The molecular weight excluding hydrogens is 240 g/mol. The second-order valence-corrected chi connectivity index (χ2v) is 3.45. The van der Waals surface area contributed by atoms with Crippen molar-refractivity contribution in [3.63, 3.8) is 0 Å². The molecule has 0 aliphatic carbocycles. The molecule has 0 saturated heterocycles. The summed E-state index contributed by atoms with van der Waals surface area (Å²) in [5, 5.41) is 21.5. The Morgan fingerprint density at radius 2 is 2.46 bits per heavy atom. The quantitative estimate of drug-likeness (QED) is 0.800. The van der Waals surface area contributed by atoms with Gasteiger partial charge in [-0.15, -0.1) is 0 Å². The van der Waals surface area contributed by atoms with Crippen LogP contribution in [-0.2, 0) is 18.3 Å². The van der Waals surface area contributed by atoms with Gasteiger partial charge in [-0.2, -0.15) is 5.10 Å². The Labute approximate surface area is 83.1 Å². The molecule has 0 bridgehead atoms. The maximum Gasteiger partial charge on any atom is 0.332 e. The predicted molar refractivity (Wildman–Crippen MR) is 48.3 cm³/mol. The maximum absolute atomic E-state index is 10.3. The molecule has 1 atom stereocenters. The smallest absolute Gasteiger partial charge is 0.332 e. The average molecular weight is 249 g/mol. The van der Waals surface area contributed by atoms with Crippen molar-refractivity contribution in [2.45, 2.75) is 12.5 Å². The van der Waals surface area contributed by atoms with Gasteiger partial charge < -0.3 is 10.2 Å². The Hall–Kier alpha value is -0.880. The van der Waals surface area contributed by atoms with E-state index in [2.05, 4.69) is 21.0 Å². The van der Waals surface area contributed by atoms with Crippen LogP contribution in [0.2, 0.25) is 0 Å². The van der Waals surface area contributed by atoms with E-state index in [1.54, 1.807) is 13.1 Å². The van der Waals surface area contributed by atoms with Crippen LogP contribution in [0, 0.1) is 0 Å². The molecule has 13 heavy (non-hydrogen) atoms. The Morgan fingerprint density at radius 3 is 2.85 bits per heavy atom. The van der Waals surface area contributed by atoms with Crippen LogP contribution in [0.25, 0.3) is 0 Å². The largest absolute Gasteiger partial charge is 0.479 e. The van der Waals surface area contributed by atoms with Crippen LogP contribution in [-0.4, -0.2) is 32.1 Å². The molecule has 0 spiro atoms. The summed E-state index contributed by atoms with van der Waals surface area (Å²) in [6.07, 6.45) is -1.31. The molecule has 72 valence electrons. The normalized spacial score (nSPS) is 12.8. The van der Waals surface area contributed by atoms with E-state index in [4.69, 9.17) is 10.2 Å². The number of halogens is 1. The highest BCUT2D eigenvalue weighted by atomic mass is 79.9. The Morgan fingerprint density at radius 1 is 1.85 bits per heavy atom. The van der Waals surface area contributed by atoms with Crippen molar-refractivity contribution in [3.8, 4) is 0 Å². The highest BCUT2D eigenvalue weighted by Crippen LogP contribution is 2.11. The molecule has 0 aliphatic rings. The van der Waals surface area contributed by atoms with Crippen LogP contribution in [0.4, 0.5) is 0 Å². The minimum atomic E-state index is -1.37. The summed E-state index contributed by atoms with van der Waals surface area (Å²) in [6, 6.07) is 1.67. The van der Waals surface area contributed by atoms with Gasteiger partial charge in [0.15, 0.2) is 6.10 Å². The van der Waals surface area contributed by atoms with Crippen LogP contribution < -0.4 is 0 Å². The van der Waals surface area contributed by atoms with Gasteiger partial charge in [0.1, 0.15) is 4.60 Å². The van der Waals surface area contributed by atoms with Gasteiger partial charge in [0.05, 0.1) is 0 Å². The highest BCUT2D eigenvalue weighted by molar-refractivity contribution is 9.10. The minimum absolute atomic E-state index is 0.0600. The third-order valence-corrected chi connectivity index (χ3v) is 2.02. The monoisotopic (exact) mass is 248 g/mol. The number of nitrogens with zero attached hydrogens (tertiary/aromatic N) is 2. The van der Waals surface area contributed by atoms with Crippen molar-refractivity contribution in [2.24, 2.45) is 7.05 Å². The zero-order valence-corrected chi connectivity index (χ0v) is 8.52. The second kappa shape index (κ2) is 3.89. The Kier molecular flexibility index (Phi) is 3.05. The van der Waals surface area contributed by atoms with Gasteiger partial charge in [-0.25, -0.2) is 4.79 Å². The number of aliphatic hydroxyl groups is 1. The summed E-state index contributed by atoms with van der Waals surface area (Å²) in [5.41, 5.74) is 0.668. The summed E-state index contributed by atoms with van der Waals surface area (Å²) in [6.45, 7) is 0. The molecule has 6 heteroatoms. The lowest BCUT2D eigenvalue weighted by molar-refractivity contribution is -0.146. The van der Waals surface area contributed by atoms with Crippen LogP contribution in [0.15, 0.2) is 10.7 Å². The van der Waals surface area contributed by atoms with E-state index in [0.29, 0.717) is 10.3 Å². The van der Waals surface area contributed by atoms with Gasteiger partial charge in [0.2, 0.25) is 0 Å². The van der Waals surface area contributed by atoms with Gasteiger partial charge >= 0.3 is 5.97 Å². The first-order valence-electron chi connectivity index (χ1n) is 3.60. The first-order chi connectivity index (χ1) is 6.00. The van der Waals surface area contributed by atoms with Crippen LogP contribution in [0.5, 0.6) is 0 Å². The number of aryl methyl sites for hydroxylation is 1. The Balaban J connectivity index is 2.74. The standard InChI is InChI=1S/C7H9BrN2O3/c1-10-4(3-6(8)9-10)2-5(11)7(12)13/h3,5,11H,2H2,1H3,(H,12,13). The van der Waals surface area contributed by atoms with E-state index in [9.17, 15) is 4.79 Å². The molecule has 1 aromatic rings. The van der Waals surface area contributed by atoms with Gasteiger partial charge in [0, 0.05) is 19.2 Å². The van der Waals surface area contributed by atoms with E-state index in [1.165, 1.54) is 4.68 Å². The lowest BCUT2D eigenvalue weighted by atomic mass is 10.2. The molecular formula is C7H9BrN2O3. The molecule has 2 N–H and O–H groups in total. The number of carbonyl (C=O) groups is 1. The topological polar surface area (TPSA) is 75.3 Å². The van der Waals surface area contributed by atoms with Crippen LogP contribution in [0.1, 0.15) is 5.69 Å². The van der Waals surface area contributed by atoms with Crippen molar-refractivity contribution in [3.05, 3.63) is 16.4 Å². The average Bonchev–Trinajstić information content (AvgIpc) is 2.30. The van der Waals surface area contributed by atoms with E-state index in [1.807, 2.05) is 0 Å². The molecule has 1 heterocycles. The van der Waals surface area contributed by atoms with Gasteiger partial charge in [-0.05, 0) is 22.0 Å². The van der Waals surface area contributed by atoms with Crippen molar-refractivity contribution >= 4 is 21.9 Å². The maximum atomic E-state index is 10.3. The first-order valence-corrected chi connectivity index (χ1v) is 4.39. The molecule has 1 aromatic heterocycles. The van der Waals surface area contributed by atoms with Crippen molar-refractivity contribution in [1.29, 1.82) is 0 Å². The van der Waals surface area contributed by atoms with Crippen LogP contribution >= 0.6 is 15.9 Å². The SMILES string of the molecule is Cn1nc(Br)cc1CC(O)C(=O)O. The summed E-state index contributed by atoms with van der Waals surface area (Å²) in [4.78, 5) is 10.3. The fourth-order valence-corrected chi connectivity index (χ4v) is 1.45. The number of carboxylic acids is 1. The number of aliphatic hydroxyl groups excluding tert-OH is 1. The summed E-state index contributed by atoms with van der Waals surface area (Å²) >= 11 is 3.15. The van der Waals surface area contributed by atoms with E-state index < -0.39 is 12.1 Å². The molecule has 0 saturated carbocycles. The van der Waals surface area contributed by atoms with Crippen molar-refractivity contribution in [1.82, 2.24) is 9.78 Å². The minimum Gasteiger partial charge on any atom is -0.479 e. The van der Waals surface area contributed by atoms with Crippen molar-refractivity contribution in [2.75, 3.05) is 0 Å². The molecule has 0 fully saturated rings. The number of carboxylic acid groups (broad SMARTS) is 1. The van der Waals surface area contributed by atoms with E-state index in [-0.39, 0.29) is 6.42 Å². The fourth-order valence-electron chi connectivity index (χ4n) is 0.944. The number of aliphatic carboxylic acids is 1. The molecule has 5 nitrogen and oxygen atoms in total. The molecule has 0 radical (unpaired) electrons. The second-order valence-electron chi connectivity index (χ2n) is 2.64. The molecule has 0 amide bonds. The zero-order chi connectivity index (χ0) is 10.0. The predicted octanol–water partition coefficient (Wildman–Crippen LogP) is 0.171. The lowest BCUT2D eigenvalue weighted by Crippen LogP contribution is -2.23. The molecule has 1 rings (SSSR count). The van der Waals surface area contributed by atoms with E-state index in [0.717, 1.165) is 0 Å².